The first kappa shape index (κ1) is 15.6. The van der Waals surface area contributed by atoms with Gasteiger partial charge in [-0.2, -0.15) is 0 Å². The van der Waals surface area contributed by atoms with Crippen LogP contribution < -0.4 is 5.32 Å². The minimum Gasteiger partial charge on any atom is -0.385 e. The van der Waals surface area contributed by atoms with Crippen molar-refractivity contribution in [1.82, 2.24) is 0 Å². The molecule has 1 nitrogen and oxygen atoms in total. The normalized spacial score (nSPS) is 16.1. The van der Waals surface area contributed by atoms with Crippen molar-refractivity contribution < 1.29 is 0 Å². The lowest BCUT2D eigenvalue weighted by Crippen LogP contribution is -2.20. The van der Waals surface area contributed by atoms with Crippen molar-refractivity contribution in [1.29, 1.82) is 0 Å². The lowest BCUT2D eigenvalue weighted by Gasteiger charge is -2.23. The Hall–Kier alpha value is -0.500. The molecule has 0 aliphatic carbocycles. The van der Waals surface area contributed by atoms with Crippen LogP contribution in [0.4, 0.5) is 5.69 Å². The van der Waals surface area contributed by atoms with Crippen LogP contribution in [0.15, 0.2) is 28.7 Å². The van der Waals surface area contributed by atoms with Crippen LogP contribution in [0.2, 0.25) is 0 Å². The number of rotatable bonds is 7. The highest BCUT2D eigenvalue weighted by atomic mass is 79.9. The van der Waals surface area contributed by atoms with Gasteiger partial charge in [0, 0.05) is 16.7 Å². The van der Waals surface area contributed by atoms with Gasteiger partial charge in [0.05, 0.1) is 0 Å². The van der Waals surface area contributed by atoms with Gasteiger partial charge in [0.15, 0.2) is 0 Å². The Kier molecular flexibility index (Phi) is 6.77. The van der Waals surface area contributed by atoms with Crippen LogP contribution in [0, 0.1) is 17.8 Å². The first-order chi connectivity index (χ1) is 8.52. The molecule has 102 valence electrons. The van der Waals surface area contributed by atoms with Crippen molar-refractivity contribution in [2.24, 2.45) is 17.8 Å². The molecule has 0 aliphatic rings. The summed E-state index contributed by atoms with van der Waals surface area (Å²) in [5.41, 5.74) is 1.21. The number of anilines is 1. The highest BCUT2D eigenvalue weighted by Gasteiger charge is 2.14. The highest BCUT2D eigenvalue weighted by Crippen LogP contribution is 2.22. The summed E-state index contributed by atoms with van der Waals surface area (Å²) in [7, 11) is 0. The second-order valence-electron chi connectivity index (χ2n) is 5.59. The standard InChI is InChI=1S/C16H26BrN/c1-5-12(2)10-13(3)14(4)11-18-16-8-6-15(17)7-9-16/h6-9,12-14,18H,5,10-11H2,1-4H3. The fraction of sp³-hybridized carbons (Fsp3) is 0.625. The van der Waals surface area contributed by atoms with Gasteiger partial charge >= 0.3 is 0 Å². The predicted molar refractivity (Wildman–Crippen MR) is 85.0 cm³/mol. The summed E-state index contributed by atoms with van der Waals surface area (Å²) in [4.78, 5) is 0. The van der Waals surface area contributed by atoms with E-state index in [1.54, 1.807) is 0 Å². The summed E-state index contributed by atoms with van der Waals surface area (Å²) in [6.07, 6.45) is 2.62. The zero-order valence-electron chi connectivity index (χ0n) is 12.0. The van der Waals surface area contributed by atoms with Crippen LogP contribution in [0.3, 0.4) is 0 Å². The van der Waals surface area contributed by atoms with Gasteiger partial charge in [0.2, 0.25) is 0 Å². The molecule has 0 radical (unpaired) electrons. The van der Waals surface area contributed by atoms with E-state index < -0.39 is 0 Å². The van der Waals surface area contributed by atoms with Gasteiger partial charge in [-0.3, -0.25) is 0 Å². The molecule has 3 atom stereocenters. The lowest BCUT2D eigenvalue weighted by molar-refractivity contribution is 0.319. The summed E-state index contributed by atoms with van der Waals surface area (Å²) in [5.74, 6) is 2.33. The highest BCUT2D eigenvalue weighted by molar-refractivity contribution is 9.10. The molecule has 1 aromatic rings. The van der Waals surface area contributed by atoms with Gasteiger partial charge in [0.25, 0.3) is 0 Å². The van der Waals surface area contributed by atoms with Crippen molar-refractivity contribution in [3.8, 4) is 0 Å². The van der Waals surface area contributed by atoms with Crippen LogP contribution >= 0.6 is 15.9 Å². The van der Waals surface area contributed by atoms with Gasteiger partial charge in [-0.1, -0.05) is 50.0 Å². The zero-order valence-corrected chi connectivity index (χ0v) is 13.6. The molecule has 0 spiro atoms. The van der Waals surface area contributed by atoms with Crippen LogP contribution in [0.25, 0.3) is 0 Å². The largest absolute Gasteiger partial charge is 0.385 e. The Balaban J connectivity index is 2.36. The van der Waals surface area contributed by atoms with Crippen molar-refractivity contribution in [3.05, 3.63) is 28.7 Å². The van der Waals surface area contributed by atoms with Crippen LogP contribution in [0.5, 0.6) is 0 Å². The van der Waals surface area contributed by atoms with E-state index in [9.17, 15) is 0 Å². The third-order valence-corrected chi connectivity index (χ3v) is 4.44. The minimum atomic E-state index is 0.711. The molecule has 2 heteroatoms. The molecule has 1 rings (SSSR count). The second kappa shape index (κ2) is 7.83. The quantitative estimate of drug-likeness (QED) is 0.694. The van der Waals surface area contributed by atoms with E-state index in [1.165, 1.54) is 18.5 Å². The Bertz CT molecular complexity index is 333. The maximum Gasteiger partial charge on any atom is 0.0341 e. The number of halogens is 1. The van der Waals surface area contributed by atoms with E-state index >= 15 is 0 Å². The average Bonchev–Trinajstić information content (AvgIpc) is 2.37. The molecule has 0 aromatic heterocycles. The Morgan fingerprint density at radius 2 is 1.67 bits per heavy atom. The molecule has 1 N–H and O–H groups in total. The van der Waals surface area contributed by atoms with Crippen LogP contribution in [-0.2, 0) is 0 Å². The zero-order chi connectivity index (χ0) is 13.5. The summed E-state index contributed by atoms with van der Waals surface area (Å²) in [6, 6.07) is 8.40. The molecular weight excluding hydrogens is 286 g/mol. The average molecular weight is 312 g/mol. The third-order valence-electron chi connectivity index (χ3n) is 3.91. The van der Waals surface area contributed by atoms with E-state index in [2.05, 4.69) is 73.2 Å². The Morgan fingerprint density at radius 3 is 2.22 bits per heavy atom. The van der Waals surface area contributed by atoms with E-state index in [0.717, 1.165) is 22.9 Å². The lowest BCUT2D eigenvalue weighted by atomic mass is 9.86. The summed E-state index contributed by atoms with van der Waals surface area (Å²) >= 11 is 3.46. The van der Waals surface area contributed by atoms with Gasteiger partial charge in [-0.05, 0) is 48.4 Å². The minimum absolute atomic E-state index is 0.711. The van der Waals surface area contributed by atoms with Gasteiger partial charge < -0.3 is 5.32 Å². The maximum absolute atomic E-state index is 3.52. The molecule has 0 amide bonds. The van der Waals surface area contributed by atoms with Crippen molar-refractivity contribution in [2.75, 3.05) is 11.9 Å². The number of benzene rings is 1. The van der Waals surface area contributed by atoms with Gasteiger partial charge in [-0.25, -0.2) is 0 Å². The number of hydrogen-bond acceptors (Lipinski definition) is 1. The van der Waals surface area contributed by atoms with E-state index in [0.29, 0.717) is 5.92 Å². The topological polar surface area (TPSA) is 12.0 Å². The molecule has 0 saturated heterocycles. The van der Waals surface area contributed by atoms with E-state index in [-0.39, 0.29) is 0 Å². The molecule has 0 fully saturated rings. The molecule has 3 unspecified atom stereocenters. The Morgan fingerprint density at radius 1 is 1.06 bits per heavy atom. The first-order valence-electron chi connectivity index (χ1n) is 7.02. The third kappa shape index (κ3) is 5.43. The fourth-order valence-electron chi connectivity index (χ4n) is 2.08. The monoisotopic (exact) mass is 311 g/mol. The maximum atomic E-state index is 3.52. The van der Waals surface area contributed by atoms with E-state index in [1.807, 2.05) is 0 Å². The number of nitrogens with one attached hydrogen (secondary N) is 1. The molecule has 0 heterocycles. The molecule has 1 aromatic carbocycles. The molecule has 0 saturated carbocycles. The van der Waals surface area contributed by atoms with E-state index in [4.69, 9.17) is 0 Å². The SMILES string of the molecule is CCC(C)CC(C)C(C)CNc1ccc(Br)cc1. The molecule has 0 aliphatic heterocycles. The molecule has 0 bridgehead atoms. The van der Waals surface area contributed by atoms with Crippen molar-refractivity contribution >= 4 is 21.6 Å². The summed E-state index contributed by atoms with van der Waals surface area (Å²) in [5, 5.41) is 3.52. The smallest absolute Gasteiger partial charge is 0.0341 e. The fourth-order valence-corrected chi connectivity index (χ4v) is 2.35. The van der Waals surface area contributed by atoms with Crippen LogP contribution in [0.1, 0.15) is 40.5 Å². The molecular formula is C16H26BrN. The van der Waals surface area contributed by atoms with Gasteiger partial charge in [-0.15, -0.1) is 0 Å². The number of hydrogen-bond donors (Lipinski definition) is 1. The molecule has 18 heavy (non-hydrogen) atoms. The first-order valence-corrected chi connectivity index (χ1v) is 7.81. The van der Waals surface area contributed by atoms with Crippen LogP contribution in [-0.4, -0.2) is 6.54 Å². The van der Waals surface area contributed by atoms with Crippen molar-refractivity contribution in [3.63, 3.8) is 0 Å². The Labute approximate surface area is 120 Å². The van der Waals surface area contributed by atoms with Crippen molar-refractivity contribution in [2.45, 2.75) is 40.5 Å². The summed E-state index contributed by atoms with van der Waals surface area (Å²) in [6.45, 7) is 10.4. The van der Waals surface area contributed by atoms with Gasteiger partial charge in [0.1, 0.15) is 0 Å². The summed E-state index contributed by atoms with van der Waals surface area (Å²) < 4.78 is 1.13. The predicted octanol–water partition coefficient (Wildman–Crippen LogP) is 5.57. The second-order valence-corrected chi connectivity index (χ2v) is 6.51.